The number of alkyl halides is 1. The second-order valence-corrected chi connectivity index (χ2v) is 24.3. The largest absolute Gasteiger partial charge is 0.507 e. The minimum absolute atomic E-state index is 0. The number of pyridine rings is 2. The third-order valence-corrected chi connectivity index (χ3v) is 14.9. The van der Waals surface area contributed by atoms with Crippen LogP contribution in [-0.4, -0.2) is 127 Å². The zero-order chi connectivity index (χ0) is 61.1. The molecule has 8 rings (SSSR count). The van der Waals surface area contributed by atoms with Crippen LogP contribution in [0.25, 0.3) is 21.8 Å². The monoisotopic (exact) mass is 1260 g/mol. The summed E-state index contributed by atoms with van der Waals surface area (Å²) in [5.74, 6) is 0.732. The number of allylic oxidation sites excluding steroid dienone is 2. The normalized spacial score (nSPS) is 13.0. The molecular formula is C62H70Cl6N8O8. The van der Waals surface area contributed by atoms with E-state index < -0.39 is 11.8 Å². The first kappa shape index (κ1) is 68.4. The summed E-state index contributed by atoms with van der Waals surface area (Å²) in [4.78, 5) is 71.2. The lowest BCUT2D eigenvalue weighted by Crippen LogP contribution is -2.21. The molecule has 5 N–H and O–H groups in total. The van der Waals surface area contributed by atoms with Crippen LogP contribution in [0.3, 0.4) is 0 Å². The van der Waals surface area contributed by atoms with Crippen LogP contribution < -0.4 is 25.7 Å². The van der Waals surface area contributed by atoms with Crippen molar-refractivity contribution in [2.24, 2.45) is 32.3 Å². The second kappa shape index (κ2) is 30.1. The standard InChI is InChI=1S/C31H34Cl2N4O4.C27H25Cl2N3O4.C4H10ClN.ClH/c1-31(2,3)27-13-18(17-36-27)12-20(38)14-19-6-7-25(29(33)28(19)32)41-24-8-9-35-23-16-26(40-11-10-37(4)5)22(30(34)39)15-21(23)24;1-27(2,3)23-9-14(13-32-23)8-16(33)10-15-4-5-22(25(29)24(15)28)36-21-6-7-31-19-12-20(34)18(26(30)35)11-17(19)21;1-6(2)4-3-5;/h6-9,13,15-16H,10-12,14,17H2,1-5H3,(H2,34,39);4-7,9,11-12,34H,8,10,13H2,1-3H3,(H2,30,35);3-4H2,1-2H3;1H. The van der Waals surface area contributed by atoms with E-state index in [0.29, 0.717) is 95.0 Å². The number of hydrogen-bond acceptors (Lipinski definition) is 14. The van der Waals surface area contributed by atoms with Crippen molar-refractivity contribution >= 4 is 127 Å². The van der Waals surface area contributed by atoms with Gasteiger partial charge >= 0.3 is 0 Å². The van der Waals surface area contributed by atoms with Crippen molar-refractivity contribution in [3.8, 4) is 34.5 Å². The number of carbonyl (C=O) groups excluding carboxylic acids is 4. The molecule has 2 aliphatic heterocycles. The molecule has 2 aliphatic rings. The maximum Gasteiger partial charge on any atom is 0.252 e. The molecule has 4 aromatic carbocycles. The topological polar surface area (TPSA) is 225 Å². The zero-order valence-electron chi connectivity index (χ0n) is 48.6. The molecule has 0 aliphatic carbocycles. The van der Waals surface area contributed by atoms with Crippen LogP contribution in [0.1, 0.15) is 86.2 Å². The first-order chi connectivity index (χ1) is 39.0. The number of aromatic hydroxyl groups is 1. The highest BCUT2D eigenvalue weighted by molar-refractivity contribution is 6.44. The lowest BCUT2D eigenvalue weighted by Gasteiger charge is -2.16. The van der Waals surface area contributed by atoms with Crippen LogP contribution in [0.15, 0.2) is 106 Å². The number of likely N-dealkylation sites (N-methyl/N-ethyl adjacent to an activating group) is 1. The Balaban J connectivity index is 0.000000279. The van der Waals surface area contributed by atoms with E-state index in [2.05, 4.69) is 61.5 Å². The first-order valence-corrected chi connectivity index (χ1v) is 28.5. The Morgan fingerprint density at radius 3 is 1.38 bits per heavy atom. The molecule has 16 nitrogen and oxygen atoms in total. The van der Waals surface area contributed by atoms with Gasteiger partial charge in [0.15, 0.2) is 0 Å². The summed E-state index contributed by atoms with van der Waals surface area (Å²) in [6.07, 6.45) is 7.97. The van der Waals surface area contributed by atoms with Gasteiger partial charge in [-0.15, -0.1) is 24.0 Å². The minimum Gasteiger partial charge on any atom is -0.507 e. The van der Waals surface area contributed by atoms with Crippen LogP contribution in [0.4, 0.5) is 0 Å². The number of nitrogens with zero attached hydrogens (tertiary/aromatic N) is 6. The number of phenols is 1. The summed E-state index contributed by atoms with van der Waals surface area (Å²) < 4.78 is 17.9. The van der Waals surface area contributed by atoms with Crippen LogP contribution in [0.2, 0.25) is 20.1 Å². The molecule has 0 unspecified atom stereocenters. The fraction of sp³-hybridized carbons (Fsp3) is 0.355. The van der Waals surface area contributed by atoms with Gasteiger partial charge in [0, 0.05) is 102 Å². The van der Waals surface area contributed by atoms with E-state index in [1.54, 1.807) is 54.7 Å². The fourth-order valence-corrected chi connectivity index (χ4v) is 9.66. The molecule has 6 aromatic rings. The number of amides is 2. The number of Topliss-reactive ketones (excluding diaryl/α,β-unsaturated/α-hetero) is 2. The van der Waals surface area contributed by atoms with E-state index in [4.69, 9.17) is 83.7 Å². The van der Waals surface area contributed by atoms with Crippen molar-refractivity contribution in [1.82, 2.24) is 19.8 Å². The summed E-state index contributed by atoms with van der Waals surface area (Å²) in [5, 5.41) is 11.8. The number of carbonyl (C=O) groups is 4. The molecular weight excluding hydrogens is 1200 g/mol. The number of aromatic nitrogens is 2. The van der Waals surface area contributed by atoms with Gasteiger partial charge in [0.1, 0.15) is 62.7 Å². The highest BCUT2D eigenvalue weighted by atomic mass is 35.5. The van der Waals surface area contributed by atoms with Gasteiger partial charge in [0.25, 0.3) is 11.8 Å². The fourth-order valence-electron chi connectivity index (χ4n) is 8.43. The Labute approximate surface area is 521 Å². The van der Waals surface area contributed by atoms with E-state index in [1.807, 2.05) is 50.1 Å². The molecule has 0 saturated heterocycles. The minimum atomic E-state index is -0.783. The number of benzene rings is 4. The van der Waals surface area contributed by atoms with E-state index in [0.717, 1.165) is 35.0 Å². The van der Waals surface area contributed by atoms with Crippen molar-refractivity contribution < 1.29 is 38.5 Å². The van der Waals surface area contributed by atoms with Crippen molar-refractivity contribution in [3.63, 3.8) is 0 Å². The summed E-state index contributed by atoms with van der Waals surface area (Å²) in [7, 11) is 7.86. The highest BCUT2D eigenvalue weighted by Gasteiger charge is 2.26. The molecule has 0 saturated carbocycles. The summed E-state index contributed by atoms with van der Waals surface area (Å²) in [6, 6.07) is 16.0. The van der Waals surface area contributed by atoms with Gasteiger partial charge in [0.2, 0.25) is 0 Å². The molecule has 0 radical (unpaired) electrons. The molecule has 2 amide bonds. The smallest absolute Gasteiger partial charge is 0.252 e. The van der Waals surface area contributed by atoms with Crippen molar-refractivity contribution in [2.75, 3.05) is 66.9 Å². The van der Waals surface area contributed by atoms with Crippen molar-refractivity contribution in [2.45, 2.75) is 67.2 Å². The first-order valence-electron chi connectivity index (χ1n) is 26.5. The van der Waals surface area contributed by atoms with E-state index in [9.17, 15) is 24.3 Å². The van der Waals surface area contributed by atoms with E-state index in [-0.39, 0.29) is 90.4 Å². The Hall–Kier alpha value is -6.34. The van der Waals surface area contributed by atoms with Gasteiger partial charge < -0.3 is 40.6 Å². The van der Waals surface area contributed by atoms with Crippen molar-refractivity contribution in [1.29, 1.82) is 0 Å². The molecule has 84 heavy (non-hydrogen) atoms. The average molecular weight is 1270 g/mol. The van der Waals surface area contributed by atoms with Gasteiger partial charge in [-0.25, -0.2) is 0 Å². The maximum atomic E-state index is 12.8. The summed E-state index contributed by atoms with van der Waals surface area (Å²) in [6.45, 7) is 15.7. The number of fused-ring (bicyclic) bond motifs is 2. The molecule has 22 heteroatoms. The number of nitrogens with two attached hydrogens (primary N) is 2. The molecule has 2 aromatic heterocycles. The highest BCUT2D eigenvalue weighted by Crippen LogP contribution is 2.42. The van der Waals surface area contributed by atoms with E-state index in [1.165, 1.54) is 18.3 Å². The van der Waals surface area contributed by atoms with Crippen molar-refractivity contribution in [3.05, 3.63) is 139 Å². The Kier molecular flexibility index (Phi) is 24.6. The number of ketones is 2. The number of ether oxygens (including phenoxy) is 3. The molecule has 0 fully saturated rings. The Morgan fingerprint density at radius 2 is 1.00 bits per heavy atom. The SMILES string of the molecule is CC(C)(C)C1=NCC(CC(=O)Cc2ccc(Oc3ccnc4cc(O)c(C(N)=O)cc34)c(Cl)c2Cl)=C1.CN(C)CCCl.CN(C)CCOc1cc2nccc(Oc3ccc(CC(=O)CC4=CC(C(C)(C)C)=NC4)c(Cl)c3Cl)c2cc1C(N)=O.Cl. The average Bonchev–Trinajstić information content (AvgIpc) is 4.17. The zero-order valence-corrected chi connectivity index (χ0v) is 53.2. The van der Waals surface area contributed by atoms with E-state index >= 15 is 0 Å². The number of rotatable bonds is 20. The predicted octanol–water partition coefficient (Wildman–Crippen LogP) is 13.6. The molecule has 4 heterocycles. The van der Waals surface area contributed by atoms with Gasteiger partial charge in [-0.3, -0.25) is 39.1 Å². The van der Waals surface area contributed by atoms with Crippen LogP contribution in [0.5, 0.6) is 34.5 Å². The lowest BCUT2D eigenvalue weighted by atomic mass is 9.89. The number of primary amides is 2. The van der Waals surface area contributed by atoms with Crippen LogP contribution in [-0.2, 0) is 22.4 Å². The lowest BCUT2D eigenvalue weighted by molar-refractivity contribution is -0.118. The van der Waals surface area contributed by atoms with Crippen LogP contribution >= 0.6 is 70.4 Å². The third kappa shape index (κ3) is 18.6. The summed E-state index contributed by atoms with van der Waals surface area (Å²) >= 11 is 31.6. The Bertz CT molecular complexity index is 3570. The number of halogens is 6. The van der Waals surface area contributed by atoms with Gasteiger partial charge in [-0.1, -0.05) is 100 Å². The predicted molar refractivity (Wildman–Crippen MR) is 342 cm³/mol. The number of hydrogen-bond donors (Lipinski definition) is 3. The maximum absolute atomic E-state index is 12.8. The molecule has 0 spiro atoms. The Morgan fingerprint density at radius 1 is 0.571 bits per heavy atom. The van der Waals surface area contributed by atoms with Crippen LogP contribution in [0, 0.1) is 10.8 Å². The quantitative estimate of drug-likeness (QED) is 0.0607. The molecule has 0 atom stereocenters. The second-order valence-electron chi connectivity index (χ2n) is 22.4. The van der Waals surface area contributed by atoms with Gasteiger partial charge in [-0.05, 0) is 99.0 Å². The third-order valence-electron chi connectivity index (χ3n) is 12.9. The van der Waals surface area contributed by atoms with Gasteiger partial charge in [0.05, 0.1) is 45.3 Å². The summed E-state index contributed by atoms with van der Waals surface area (Å²) in [5.41, 5.74) is 17.2. The van der Waals surface area contributed by atoms with Gasteiger partial charge in [-0.2, -0.15) is 0 Å². The number of aliphatic imine (C=N–C) groups is 2. The molecule has 448 valence electrons. The molecule has 0 bridgehead atoms.